The minimum Gasteiger partial charge on any atom is -0.256 e. The SMILES string of the molecule is C=Cc1cc(-c2cc3c(-c4cc5ccccc5c5ccccc45)cc(-c4ccc(-c5ccnc6ccccc56)cc4)nc3c3ccccc23)c2ccccc2c1C. The number of aryl methyl sites for hydroxylation is 1. The van der Waals surface area contributed by atoms with Crippen LogP contribution in [0.15, 0.2) is 189 Å². The van der Waals surface area contributed by atoms with Gasteiger partial charge < -0.3 is 0 Å². The number of rotatable bonds is 5. The molecule has 0 fully saturated rings. The van der Waals surface area contributed by atoms with Crippen LogP contribution in [0.5, 0.6) is 0 Å². The summed E-state index contributed by atoms with van der Waals surface area (Å²) in [5.74, 6) is 0. The van der Waals surface area contributed by atoms with Crippen LogP contribution in [-0.2, 0) is 0 Å². The normalized spacial score (nSPS) is 11.7. The number of pyridine rings is 2. The molecule has 11 rings (SSSR count). The summed E-state index contributed by atoms with van der Waals surface area (Å²) in [7, 11) is 0. The first-order chi connectivity index (χ1) is 28.1. The summed E-state index contributed by atoms with van der Waals surface area (Å²) < 4.78 is 0. The Labute approximate surface area is 331 Å². The van der Waals surface area contributed by atoms with Crippen molar-refractivity contribution in [3.63, 3.8) is 0 Å². The third-order valence-electron chi connectivity index (χ3n) is 11.9. The summed E-state index contributed by atoms with van der Waals surface area (Å²) in [6, 6.07) is 63.8. The Morgan fingerprint density at radius 2 is 0.965 bits per heavy atom. The van der Waals surface area contributed by atoms with E-state index in [4.69, 9.17) is 4.98 Å². The molecule has 0 aliphatic carbocycles. The Morgan fingerprint density at radius 3 is 1.72 bits per heavy atom. The van der Waals surface area contributed by atoms with Crippen molar-refractivity contribution in [2.75, 3.05) is 0 Å². The highest BCUT2D eigenvalue weighted by molar-refractivity contribution is 6.22. The van der Waals surface area contributed by atoms with Crippen LogP contribution in [0.4, 0.5) is 0 Å². The molecule has 2 nitrogen and oxygen atoms in total. The summed E-state index contributed by atoms with van der Waals surface area (Å²) in [4.78, 5) is 10.2. The lowest BCUT2D eigenvalue weighted by molar-refractivity contribution is 1.40. The molecule has 0 N–H and O–H groups in total. The molecule has 0 amide bonds. The maximum atomic E-state index is 5.57. The second-order valence-corrected chi connectivity index (χ2v) is 15.0. The zero-order valence-corrected chi connectivity index (χ0v) is 31.5. The van der Waals surface area contributed by atoms with Crippen molar-refractivity contribution in [2.45, 2.75) is 6.92 Å². The highest BCUT2D eigenvalue weighted by Gasteiger charge is 2.20. The Morgan fingerprint density at radius 1 is 0.421 bits per heavy atom. The van der Waals surface area contributed by atoms with Crippen molar-refractivity contribution in [3.8, 4) is 44.6 Å². The molecule has 0 unspecified atom stereocenters. The molecule has 9 aromatic carbocycles. The fraction of sp³-hybridized carbons (Fsp3) is 0.0182. The molecular formula is C55H36N2. The van der Waals surface area contributed by atoms with Crippen LogP contribution in [0.3, 0.4) is 0 Å². The Balaban J connectivity index is 1.23. The highest BCUT2D eigenvalue weighted by Crippen LogP contribution is 2.45. The molecule has 0 spiro atoms. The van der Waals surface area contributed by atoms with Gasteiger partial charge in [0.25, 0.3) is 0 Å². The minimum atomic E-state index is 0.938. The van der Waals surface area contributed by atoms with Gasteiger partial charge in [-0.15, -0.1) is 0 Å². The summed E-state index contributed by atoms with van der Waals surface area (Å²) in [6.45, 7) is 6.41. The van der Waals surface area contributed by atoms with E-state index in [0.717, 1.165) is 55.1 Å². The van der Waals surface area contributed by atoms with Crippen molar-refractivity contribution >= 4 is 71.0 Å². The maximum Gasteiger partial charge on any atom is 0.0794 e. The van der Waals surface area contributed by atoms with E-state index in [-0.39, 0.29) is 0 Å². The first-order valence-corrected chi connectivity index (χ1v) is 19.5. The Bertz CT molecular complexity index is 3420. The lowest BCUT2D eigenvalue weighted by Gasteiger charge is -2.19. The van der Waals surface area contributed by atoms with Gasteiger partial charge in [-0.3, -0.25) is 4.98 Å². The van der Waals surface area contributed by atoms with Gasteiger partial charge in [-0.2, -0.15) is 0 Å². The topological polar surface area (TPSA) is 25.8 Å². The number of hydrogen-bond acceptors (Lipinski definition) is 2. The number of para-hydroxylation sites is 1. The van der Waals surface area contributed by atoms with Gasteiger partial charge in [0.2, 0.25) is 0 Å². The van der Waals surface area contributed by atoms with E-state index in [9.17, 15) is 0 Å². The van der Waals surface area contributed by atoms with Crippen LogP contribution >= 0.6 is 0 Å². The molecule has 0 aliphatic heterocycles. The van der Waals surface area contributed by atoms with Gasteiger partial charge in [-0.25, -0.2) is 4.98 Å². The van der Waals surface area contributed by atoms with Gasteiger partial charge in [0.15, 0.2) is 0 Å². The molecule has 2 heteroatoms. The fourth-order valence-corrected chi connectivity index (χ4v) is 9.07. The third kappa shape index (κ3) is 5.26. The molecule has 0 atom stereocenters. The molecule has 2 aromatic heterocycles. The monoisotopic (exact) mass is 724 g/mol. The second kappa shape index (κ2) is 13.1. The maximum absolute atomic E-state index is 5.57. The second-order valence-electron chi connectivity index (χ2n) is 15.0. The molecule has 0 radical (unpaired) electrons. The van der Waals surface area contributed by atoms with Crippen molar-refractivity contribution in [1.29, 1.82) is 0 Å². The molecule has 0 saturated carbocycles. The van der Waals surface area contributed by atoms with Gasteiger partial charge >= 0.3 is 0 Å². The van der Waals surface area contributed by atoms with E-state index >= 15 is 0 Å². The predicted octanol–water partition coefficient (Wildman–Crippen LogP) is 15.0. The average Bonchev–Trinajstić information content (AvgIpc) is 3.28. The van der Waals surface area contributed by atoms with Gasteiger partial charge in [-0.1, -0.05) is 152 Å². The highest BCUT2D eigenvalue weighted by atomic mass is 14.7. The average molecular weight is 725 g/mol. The van der Waals surface area contributed by atoms with E-state index in [0.29, 0.717) is 0 Å². The van der Waals surface area contributed by atoms with Gasteiger partial charge in [0.1, 0.15) is 0 Å². The van der Waals surface area contributed by atoms with Gasteiger partial charge in [0, 0.05) is 27.9 Å². The fourth-order valence-electron chi connectivity index (χ4n) is 9.07. The number of hydrogen-bond donors (Lipinski definition) is 0. The Hall–Kier alpha value is -7.42. The van der Waals surface area contributed by atoms with Crippen molar-refractivity contribution in [1.82, 2.24) is 9.97 Å². The molecule has 11 aromatic rings. The lowest BCUT2D eigenvalue weighted by Crippen LogP contribution is -1.95. The van der Waals surface area contributed by atoms with Crippen LogP contribution in [0.1, 0.15) is 11.1 Å². The quantitative estimate of drug-likeness (QED) is 0.165. The van der Waals surface area contributed by atoms with E-state index in [1.165, 1.54) is 65.5 Å². The summed E-state index contributed by atoms with van der Waals surface area (Å²) in [5, 5.41) is 12.0. The smallest absolute Gasteiger partial charge is 0.0794 e. The molecule has 0 saturated heterocycles. The van der Waals surface area contributed by atoms with Crippen LogP contribution < -0.4 is 0 Å². The molecule has 0 aliphatic rings. The molecule has 266 valence electrons. The molecule has 57 heavy (non-hydrogen) atoms. The van der Waals surface area contributed by atoms with Crippen molar-refractivity contribution in [3.05, 3.63) is 200 Å². The van der Waals surface area contributed by atoms with Crippen LogP contribution in [-0.4, -0.2) is 9.97 Å². The minimum absolute atomic E-state index is 0.938. The van der Waals surface area contributed by atoms with Crippen LogP contribution in [0, 0.1) is 6.92 Å². The largest absolute Gasteiger partial charge is 0.256 e. The number of aromatic nitrogens is 2. The molecular weight excluding hydrogens is 689 g/mol. The van der Waals surface area contributed by atoms with E-state index in [1.54, 1.807) is 0 Å². The third-order valence-corrected chi connectivity index (χ3v) is 11.9. The van der Waals surface area contributed by atoms with E-state index in [2.05, 4.69) is 188 Å². The standard InChI is InChI=1S/C55H36N2/c1-3-35-30-48(42-17-7-6-15-39(42)34(35)2)50-32-52-51(49-31-38-14-4-5-16-40(38)43-18-8-9-19-44(43)49)33-54(57-55(52)47-22-11-10-20-45(47)50)37-26-24-36(25-27-37)41-28-29-56-53-23-13-12-21-46(41)53/h3-33H,1H2,2H3. The van der Waals surface area contributed by atoms with Gasteiger partial charge in [0.05, 0.1) is 16.7 Å². The van der Waals surface area contributed by atoms with E-state index in [1.807, 2.05) is 18.3 Å². The molecule has 0 bridgehead atoms. The first kappa shape index (κ1) is 33.0. The van der Waals surface area contributed by atoms with E-state index < -0.39 is 0 Å². The molecule has 2 heterocycles. The van der Waals surface area contributed by atoms with Crippen molar-refractivity contribution < 1.29 is 0 Å². The summed E-state index contributed by atoms with van der Waals surface area (Å²) >= 11 is 0. The van der Waals surface area contributed by atoms with Crippen molar-refractivity contribution in [2.24, 2.45) is 0 Å². The van der Waals surface area contributed by atoms with Crippen LogP contribution in [0.2, 0.25) is 0 Å². The zero-order valence-electron chi connectivity index (χ0n) is 31.5. The van der Waals surface area contributed by atoms with Crippen LogP contribution in [0.25, 0.3) is 116 Å². The zero-order chi connectivity index (χ0) is 38.0. The summed E-state index contributed by atoms with van der Waals surface area (Å²) in [5.41, 5.74) is 13.4. The summed E-state index contributed by atoms with van der Waals surface area (Å²) in [6.07, 6.45) is 3.88. The first-order valence-electron chi connectivity index (χ1n) is 19.5. The number of fused-ring (bicyclic) bond motifs is 8. The Kier molecular flexibility index (Phi) is 7.58. The predicted molar refractivity (Wildman–Crippen MR) is 244 cm³/mol. The number of nitrogens with zero attached hydrogens (tertiary/aromatic N) is 2. The lowest BCUT2D eigenvalue weighted by atomic mass is 9.86. The van der Waals surface area contributed by atoms with Gasteiger partial charge in [-0.05, 0) is 126 Å². The number of benzene rings is 9.